The zero-order chi connectivity index (χ0) is 17.0. The summed E-state index contributed by atoms with van der Waals surface area (Å²) in [6.07, 6.45) is 3.74. The summed E-state index contributed by atoms with van der Waals surface area (Å²) < 4.78 is 54.5. The third kappa shape index (κ3) is 4.19. The van der Waals surface area contributed by atoms with Gasteiger partial charge < -0.3 is 10.6 Å². The highest BCUT2D eigenvalue weighted by Crippen LogP contribution is 2.20. The normalized spacial score (nSPS) is 10.7. The molecule has 124 valence electrons. The fraction of sp³-hybridized carbons (Fsp3) is 0.286. The molecule has 23 heavy (non-hydrogen) atoms. The van der Waals surface area contributed by atoms with Crippen LogP contribution in [-0.2, 0) is 6.54 Å². The molecule has 9 heteroatoms. The molecule has 0 spiro atoms. The molecule has 0 bridgehead atoms. The van der Waals surface area contributed by atoms with Gasteiger partial charge in [0.2, 0.25) is 0 Å². The first-order valence-corrected chi connectivity index (χ1v) is 7.22. The SMILES string of the molecule is CCCNC(=S)Nc1cnn(Cc2c(F)cc(F)c(F)c2F)c1. The lowest BCUT2D eigenvalue weighted by atomic mass is 10.2. The summed E-state index contributed by atoms with van der Waals surface area (Å²) in [5.74, 6) is -6.02. The number of rotatable bonds is 5. The number of thiocarbonyl (C=S) groups is 1. The number of anilines is 1. The molecular formula is C14H14F4N4S. The van der Waals surface area contributed by atoms with Gasteiger partial charge >= 0.3 is 0 Å². The Kier molecular flexibility index (Phi) is 5.54. The average molecular weight is 346 g/mol. The molecule has 0 aliphatic heterocycles. The van der Waals surface area contributed by atoms with E-state index >= 15 is 0 Å². The van der Waals surface area contributed by atoms with Crippen molar-refractivity contribution in [3.63, 3.8) is 0 Å². The Morgan fingerprint density at radius 3 is 2.65 bits per heavy atom. The van der Waals surface area contributed by atoms with E-state index in [1.54, 1.807) is 0 Å². The third-order valence-corrected chi connectivity index (χ3v) is 3.20. The van der Waals surface area contributed by atoms with Gasteiger partial charge in [-0.25, -0.2) is 17.6 Å². The minimum Gasteiger partial charge on any atom is -0.362 e. The lowest BCUT2D eigenvalue weighted by Gasteiger charge is -2.08. The van der Waals surface area contributed by atoms with Crippen molar-refractivity contribution in [3.05, 3.63) is 47.3 Å². The first-order chi connectivity index (χ1) is 10.9. The van der Waals surface area contributed by atoms with Crippen LogP contribution >= 0.6 is 12.2 Å². The second-order valence-corrected chi connectivity index (χ2v) is 5.16. The average Bonchev–Trinajstić information content (AvgIpc) is 2.94. The molecule has 4 nitrogen and oxygen atoms in total. The second-order valence-electron chi connectivity index (χ2n) is 4.75. The van der Waals surface area contributed by atoms with E-state index in [2.05, 4.69) is 15.7 Å². The maximum Gasteiger partial charge on any atom is 0.194 e. The summed E-state index contributed by atoms with van der Waals surface area (Å²) in [5, 5.41) is 10.1. The van der Waals surface area contributed by atoms with Crippen molar-refractivity contribution in [2.24, 2.45) is 0 Å². The molecular weight excluding hydrogens is 332 g/mol. The number of benzene rings is 1. The number of nitrogens with zero attached hydrogens (tertiary/aromatic N) is 2. The van der Waals surface area contributed by atoms with E-state index in [4.69, 9.17) is 12.2 Å². The summed E-state index contributed by atoms with van der Waals surface area (Å²) in [4.78, 5) is 0. The van der Waals surface area contributed by atoms with Gasteiger partial charge in [-0.15, -0.1) is 0 Å². The highest BCUT2D eigenvalue weighted by atomic mass is 32.1. The lowest BCUT2D eigenvalue weighted by Crippen LogP contribution is -2.28. The number of aromatic nitrogens is 2. The van der Waals surface area contributed by atoms with Gasteiger partial charge in [0.25, 0.3) is 0 Å². The molecule has 1 heterocycles. The number of hydrogen-bond donors (Lipinski definition) is 2. The molecule has 0 saturated heterocycles. The molecule has 0 aliphatic rings. The minimum atomic E-state index is -1.71. The minimum absolute atomic E-state index is 0.306. The van der Waals surface area contributed by atoms with Crippen LogP contribution < -0.4 is 10.6 Å². The first kappa shape index (κ1) is 17.2. The van der Waals surface area contributed by atoms with Gasteiger partial charge in [0.05, 0.1) is 18.4 Å². The van der Waals surface area contributed by atoms with E-state index in [1.807, 2.05) is 6.92 Å². The van der Waals surface area contributed by atoms with Crippen LogP contribution in [0, 0.1) is 23.3 Å². The monoisotopic (exact) mass is 346 g/mol. The van der Waals surface area contributed by atoms with E-state index in [-0.39, 0.29) is 6.54 Å². The zero-order valence-corrected chi connectivity index (χ0v) is 13.0. The van der Waals surface area contributed by atoms with Gasteiger partial charge in [-0.1, -0.05) is 6.92 Å². The van der Waals surface area contributed by atoms with E-state index in [1.165, 1.54) is 17.1 Å². The van der Waals surface area contributed by atoms with Crippen LogP contribution in [0.2, 0.25) is 0 Å². The number of halogens is 4. The zero-order valence-electron chi connectivity index (χ0n) is 12.2. The molecule has 0 atom stereocenters. The third-order valence-electron chi connectivity index (χ3n) is 2.96. The van der Waals surface area contributed by atoms with Crippen LogP contribution in [0.4, 0.5) is 23.2 Å². The first-order valence-electron chi connectivity index (χ1n) is 6.81. The van der Waals surface area contributed by atoms with E-state index in [9.17, 15) is 17.6 Å². The molecule has 0 saturated carbocycles. The van der Waals surface area contributed by atoms with Gasteiger partial charge in [-0.3, -0.25) is 4.68 Å². The molecule has 2 rings (SSSR count). The Morgan fingerprint density at radius 1 is 1.22 bits per heavy atom. The van der Waals surface area contributed by atoms with Crippen molar-refractivity contribution >= 4 is 23.0 Å². The molecule has 2 N–H and O–H groups in total. The summed E-state index contributed by atoms with van der Waals surface area (Å²) in [7, 11) is 0. The Hall–Kier alpha value is -2.16. The van der Waals surface area contributed by atoms with Crippen molar-refractivity contribution in [2.45, 2.75) is 19.9 Å². The van der Waals surface area contributed by atoms with Crippen LogP contribution in [0.3, 0.4) is 0 Å². The van der Waals surface area contributed by atoms with Crippen LogP contribution in [0.1, 0.15) is 18.9 Å². The van der Waals surface area contributed by atoms with E-state index < -0.39 is 28.8 Å². The van der Waals surface area contributed by atoms with Gasteiger partial charge in [-0.05, 0) is 18.6 Å². The Bertz CT molecular complexity index is 717. The van der Waals surface area contributed by atoms with E-state index in [0.717, 1.165) is 6.42 Å². The lowest BCUT2D eigenvalue weighted by molar-refractivity contribution is 0.420. The fourth-order valence-corrected chi connectivity index (χ4v) is 2.06. The van der Waals surface area contributed by atoms with Crippen molar-refractivity contribution < 1.29 is 17.6 Å². The highest BCUT2D eigenvalue weighted by Gasteiger charge is 2.19. The fourth-order valence-electron chi connectivity index (χ4n) is 1.84. The Morgan fingerprint density at radius 2 is 1.96 bits per heavy atom. The Balaban J connectivity index is 2.11. The molecule has 1 aromatic carbocycles. The predicted molar refractivity (Wildman–Crippen MR) is 82.1 cm³/mol. The van der Waals surface area contributed by atoms with Crippen molar-refractivity contribution in [3.8, 4) is 0 Å². The van der Waals surface area contributed by atoms with Crippen molar-refractivity contribution in [1.82, 2.24) is 15.1 Å². The maximum absolute atomic E-state index is 13.6. The van der Waals surface area contributed by atoms with Gasteiger partial charge in [0.1, 0.15) is 5.82 Å². The second kappa shape index (κ2) is 7.40. The standard InChI is InChI=1S/C14H14F4N4S/c1-2-3-19-14(23)21-8-5-20-22(6-8)7-9-10(15)4-11(16)13(18)12(9)17/h4-6H,2-3,7H2,1H3,(H2,19,21,23). The van der Waals surface area contributed by atoms with Crippen LogP contribution in [0.15, 0.2) is 18.5 Å². The summed E-state index contributed by atoms with van der Waals surface area (Å²) in [5.41, 5.74) is -0.104. The summed E-state index contributed by atoms with van der Waals surface area (Å²) >= 11 is 5.04. The van der Waals surface area contributed by atoms with E-state index in [0.29, 0.717) is 23.4 Å². The molecule has 0 amide bonds. The quantitative estimate of drug-likeness (QED) is 0.378. The van der Waals surface area contributed by atoms with Crippen LogP contribution in [-0.4, -0.2) is 21.4 Å². The molecule has 1 aromatic heterocycles. The number of hydrogen-bond acceptors (Lipinski definition) is 2. The molecule has 0 radical (unpaired) electrons. The van der Waals surface area contributed by atoms with Crippen molar-refractivity contribution in [1.29, 1.82) is 0 Å². The molecule has 0 unspecified atom stereocenters. The largest absolute Gasteiger partial charge is 0.362 e. The predicted octanol–water partition coefficient (Wildman–Crippen LogP) is 3.18. The summed E-state index contributed by atoms with van der Waals surface area (Å²) in [6.45, 7) is 2.30. The summed E-state index contributed by atoms with van der Waals surface area (Å²) in [6, 6.07) is 0.306. The van der Waals surface area contributed by atoms with Gasteiger partial charge in [0, 0.05) is 24.4 Å². The molecule has 2 aromatic rings. The van der Waals surface area contributed by atoms with Gasteiger partial charge in [-0.2, -0.15) is 5.10 Å². The smallest absolute Gasteiger partial charge is 0.194 e. The van der Waals surface area contributed by atoms with Gasteiger partial charge in [0.15, 0.2) is 22.6 Å². The topological polar surface area (TPSA) is 41.9 Å². The highest BCUT2D eigenvalue weighted by molar-refractivity contribution is 7.80. The van der Waals surface area contributed by atoms with Crippen molar-refractivity contribution in [2.75, 3.05) is 11.9 Å². The van der Waals surface area contributed by atoms with Crippen LogP contribution in [0.5, 0.6) is 0 Å². The Labute approximate surface area is 135 Å². The molecule has 0 fully saturated rings. The maximum atomic E-state index is 13.6. The van der Waals surface area contributed by atoms with Crippen LogP contribution in [0.25, 0.3) is 0 Å². The molecule has 0 aliphatic carbocycles. The number of nitrogens with one attached hydrogen (secondary N) is 2.